The molecule has 2 aromatic heterocycles. The molecular formula is C18H26N6O. The van der Waals surface area contributed by atoms with Crippen LogP contribution in [-0.2, 0) is 4.79 Å². The molecule has 0 spiro atoms. The minimum Gasteiger partial charge on any atom is -0.367 e. The minimum atomic E-state index is -0.474. The summed E-state index contributed by atoms with van der Waals surface area (Å²) >= 11 is 0. The lowest BCUT2D eigenvalue weighted by atomic mass is 9.94. The number of carbonyl (C=O) groups is 1. The molecule has 0 unspecified atom stereocenters. The van der Waals surface area contributed by atoms with Crippen LogP contribution in [0.3, 0.4) is 0 Å². The molecule has 3 heterocycles. The second kappa shape index (κ2) is 7.31. The highest BCUT2D eigenvalue weighted by molar-refractivity contribution is 5.85. The van der Waals surface area contributed by atoms with Gasteiger partial charge in [0.1, 0.15) is 5.52 Å². The summed E-state index contributed by atoms with van der Waals surface area (Å²) in [5, 5.41) is 3.12. The zero-order valence-corrected chi connectivity index (χ0v) is 15.0. The molecule has 7 heteroatoms. The van der Waals surface area contributed by atoms with Crippen molar-refractivity contribution in [2.24, 2.45) is 17.6 Å². The maximum Gasteiger partial charge on any atom is 0.237 e. The molecule has 1 saturated heterocycles. The first-order valence-corrected chi connectivity index (χ1v) is 8.82. The van der Waals surface area contributed by atoms with Gasteiger partial charge in [-0.2, -0.15) is 0 Å². The number of nitrogens with one attached hydrogen (secondary N) is 1. The fraction of sp³-hybridized carbons (Fsp3) is 0.556. The zero-order chi connectivity index (χ0) is 18.0. The van der Waals surface area contributed by atoms with E-state index in [1.807, 2.05) is 19.9 Å². The number of anilines is 1. The van der Waals surface area contributed by atoms with Gasteiger partial charge in [-0.15, -0.1) is 0 Å². The van der Waals surface area contributed by atoms with Crippen molar-refractivity contribution in [3.63, 3.8) is 0 Å². The summed E-state index contributed by atoms with van der Waals surface area (Å²) in [4.78, 5) is 27.6. The lowest BCUT2D eigenvalue weighted by Crippen LogP contribution is -2.54. The highest BCUT2D eigenvalue weighted by Crippen LogP contribution is 2.27. The second-order valence-corrected chi connectivity index (χ2v) is 7.28. The smallest absolute Gasteiger partial charge is 0.237 e. The van der Waals surface area contributed by atoms with Crippen LogP contribution in [0.4, 0.5) is 5.69 Å². The minimum absolute atomic E-state index is 0.0703. The topological polar surface area (TPSA) is 97.0 Å². The van der Waals surface area contributed by atoms with Crippen LogP contribution < -0.4 is 16.0 Å². The van der Waals surface area contributed by atoms with E-state index in [4.69, 9.17) is 5.73 Å². The lowest BCUT2D eigenvalue weighted by molar-refractivity contribution is -0.124. The van der Waals surface area contributed by atoms with Crippen LogP contribution in [0.15, 0.2) is 24.7 Å². The van der Waals surface area contributed by atoms with Crippen LogP contribution in [0.25, 0.3) is 11.2 Å². The summed E-state index contributed by atoms with van der Waals surface area (Å²) in [6.45, 7) is 7.77. The van der Waals surface area contributed by atoms with E-state index >= 15 is 0 Å². The highest BCUT2D eigenvalue weighted by Gasteiger charge is 2.29. The maximum absolute atomic E-state index is 12.3. The number of fused-ring (bicyclic) bond motifs is 1. The van der Waals surface area contributed by atoms with Crippen molar-refractivity contribution in [3.8, 4) is 0 Å². The molecule has 25 heavy (non-hydrogen) atoms. The number of aromatic nitrogens is 3. The molecule has 3 rings (SSSR count). The van der Waals surface area contributed by atoms with Gasteiger partial charge in [0.2, 0.25) is 5.91 Å². The molecule has 1 aliphatic rings. The summed E-state index contributed by atoms with van der Waals surface area (Å²) in [6.07, 6.45) is 6.03. The number of carbonyl (C=O) groups excluding carboxylic acids is 1. The highest BCUT2D eigenvalue weighted by atomic mass is 16.2. The van der Waals surface area contributed by atoms with E-state index in [1.54, 1.807) is 18.6 Å². The average molecular weight is 342 g/mol. The Hall–Kier alpha value is -2.28. The van der Waals surface area contributed by atoms with E-state index in [-0.39, 0.29) is 17.9 Å². The molecule has 3 N–H and O–H groups in total. The first-order valence-electron chi connectivity index (χ1n) is 8.82. The number of piperidine rings is 1. The number of rotatable bonds is 4. The Kier molecular flexibility index (Phi) is 5.13. The summed E-state index contributed by atoms with van der Waals surface area (Å²) in [5.41, 5.74) is 8.42. The first kappa shape index (κ1) is 17.5. The molecule has 7 nitrogen and oxygen atoms in total. The molecule has 2 aromatic rings. The van der Waals surface area contributed by atoms with Gasteiger partial charge >= 0.3 is 0 Å². The van der Waals surface area contributed by atoms with Crippen LogP contribution in [-0.4, -0.2) is 46.0 Å². The van der Waals surface area contributed by atoms with Crippen molar-refractivity contribution < 1.29 is 4.79 Å². The third-order valence-electron chi connectivity index (χ3n) is 4.72. The van der Waals surface area contributed by atoms with Gasteiger partial charge < -0.3 is 16.0 Å². The third-order valence-corrected chi connectivity index (χ3v) is 4.72. The molecule has 0 aliphatic carbocycles. The Labute approximate surface area is 148 Å². The van der Waals surface area contributed by atoms with Crippen LogP contribution in [0.2, 0.25) is 0 Å². The van der Waals surface area contributed by atoms with Crippen LogP contribution in [0.5, 0.6) is 0 Å². The maximum atomic E-state index is 12.3. The van der Waals surface area contributed by atoms with Gasteiger partial charge in [0.15, 0.2) is 5.65 Å². The monoisotopic (exact) mass is 342 g/mol. The van der Waals surface area contributed by atoms with Gasteiger partial charge in [-0.1, -0.05) is 20.8 Å². The fourth-order valence-corrected chi connectivity index (χ4v) is 3.37. The molecule has 134 valence electrons. The Bertz CT molecular complexity index is 744. The van der Waals surface area contributed by atoms with Crippen LogP contribution in [0.1, 0.15) is 27.2 Å². The number of amides is 1. The van der Waals surface area contributed by atoms with Gasteiger partial charge in [-0.25, -0.2) is 15.0 Å². The molecular weight excluding hydrogens is 316 g/mol. The summed E-state index contributed by atoms with van der Waals surface area (Å²) in [7, 11) is 0. The number of pyridine rings is 1. The number of nitrogens with zero attached hydrogens (tertiary/aromatic N) is 4. The van der Waals surface area contributed by atoms with E-state index in [0.29, 0.717) is 11.6 Å². The Morgan fingerprint density at radius 2 is 1.96 bits per heavy atom. The molecule has 1 aliphatic heterocycles. The number of hydrogen-bond acceptors (Lipinski definition) is 6. The first-order chi connectivity index (χ1) is 12.0. The molecule has 0 aromatic carbocycles. The van der Waals surface area contributed by atoms with Crippen LogP contribution in [0, 0.1) is 11.8 Å². The van der Waals surface area contributed by atoms with Crippen molar-refractivity contribution in [1.29, 1.82) is 0 Å². The van der Waals surface area contributed by atoms with Gasteiger partial charge in [-0.3, -0.25) is 4.79 Å². The summed E-state index contributed by atoms with van der Waals surface area (Å²) in [6, 6.07) is 1.56. The predicted molar refractivity (Wildman–Crippen MR) is 98.1 cm³/mol. The standard InChI is InChI=1S/C18H26N6O/c1-11(2)15(19)18(25)23-13-8-12(3)9-24(10-13)14-4-5-21-17-16(14)20-6-7-22-17/h4-7,11-13,15H,8-10,19H2,1-3H3,(H,23,25)/t12-,13+,15+/m0/s1. The third kappa shape index (κ3) is 3.87. The molecule has 0 bridgehead atoms. The predicted octanol–water partition coefficient (Wildman–Crippen LogP) is 1.34. The summed E-state index contributed by atoms with van der Waals surface area (Å²) in [5.74, 6) is 0.499. The van der Waals surface area contributed by atoms with Crippen LogP contribution >= 0.6 is 0 Å². The van der Waals surface area contributed by atoms with Crippen molar-refractivity contribution in [2.45, 2.75) is 39.3 Å². The van der Waals surface area contributed by atoms with Gasteiger partial charge in [0.05, 0.1) is 11.7 Å². The Morgan fingerprint density at radius 3 is 2.72 bits per heavy atom. The number of hydrogen-bond donors (Lipinski definition) is 2. The molecule has 0 radical (unpaired) electrons. The van der Waals surface area contributed by atoms with E-state index in [9.17, 15) is 4.79 Å². The quantitative estimate of drug-likeness (QED) is 0.870. The molecule has 3 atom stereocenters. The van der Waals surface area contributed by atoms with E-state index in [2.05, 4.69) is 32.1 Å². The van der Waals surface area contributed by atoms with Gasteiger partial charge in [-0.05, 0) is 24.3 Å². The Morgan fingerprint density at radius 1 is 1.24 bits per heavy atom. The fourth-order valence-electron chi connectivity index (χ4n) is 3.37. The van der Waals surface area contributed by atoms with Crippen molar-refractivity contribution in [1.82, 2.24) is 20.3 Å². The van der Waals surface area contributed by atoms with E-state index in [0.717, 1.165) is 30.7 Å². The van der Waals surface area contributed by atoms with E-state index in [1.165, 1.54) is 0 Å². The number of nitrogens with two attached hydrogens (primary N) is 1. The zero-order valence-electron chi connectivity index (χ0n) is 15.0. The second-order valence-electron chi connectivity index (χ2n) is 7.28. The SMILES string of the molecule is CC(C)[C@@H](N)C(=O)N[C@@H]1C[C@H](C)CN(c2ccnc3nccnc23)C1. The van der Waals surface area contributed by atoms with Gasteiger partial charge in [0, 0.05) is 37.7 Å². The molecule has 0 saturated carbocycles. The summed E-state index contributed by atoms with van der Waals surface area (Å²) < 4.78 is 0. The normalized spacial score (nSPS) is 22.2. The average Bonchev–Trinajstić information content (AvgIpc) is 2.59. The van der Waals surface area contributed by atoms with Crippen molar-refractivity contribution >= 4 is 22.8 Å². The molecule has 1 amide bonds. The van der Waals surface area contributed by atoms with E-state index < -0.39 is 6.04 Å². The van der Waals surface area contributed by atoms with Crippen molar-refractivity contribution in [3.05, 3.63) is 24.7 Å². The lowest BCUT2D eigenvalue weighted by Gasteiger charge is -2.38. The Balaban J connectivity index is 1.79. The largest absolute Gasteiger partial charge is 0.367 e. The molecule has 1 fully saturated rings. The van der Waals surface area contributed by atoms with Crippen molar-refractivity contribution in [2.75, 3.05) is 18.0 Å². The van der Waals surface area contributed by atoms with Gasteiger partial charge in [0.25, 0.3) is 0 Å².